The van der Waals surface area contributed by atoms with Crippen molar-refractivity contribution in [2.45, 2.75) is 26.5 Å². The Morgan fingerprint density at radius 1 is 1.33 bits per heavy atom. The highest BCUT2D eigenvalue weighted by atomic mass is 16.5. The Labute approximate surface area is 107 Å². The maximum atomic E-state index is 5.67. The van der Waals surface area contributed by atoms with Crippen molar-refractivity contribution in [1.82, 2.24) is 10.3 Å². The Hall–Kier alpha value is -1.81. The SMILES string of the molecule is CCCNCc1cccnc1OCc1ccco1. The van der Waals surface area contributed by atoms with E-state index >= 15 is 0 Å². The van der Waals surface area contributed by atoms with Gasteiger partial charge in [-0.1, -0.05) is 13.0 Å². The van der Waals surface area contributed by atoms with Crippen molar-refractivity contribution >= 4 is 0 Å². The van der Waals surface area contributed by atoms with Crippen molar-refractivity contribution in [3.05, 3.63) is 48.0 Å². The lowest BCUT2D eigenvalue weighted by Crippen LogP contribution is -2.15. The molecule has 1 N–H and O–H groups in total. The van der Waals surface area contributed by atoms with E-state index in [1.807, 2.05) is 24.3 Å². The van der Waals surface area contributed by atoms with Crippen LogP contribution in [0.2, 0.25) is 0 Å². The van der Waals surface area contributed by atoms with Crippen LogP contribution in [0.4, 0.5) is 0 Å². The quantitative estimate of drug-likeness (QED) is 0.763. The molecule has 0 amide bonds. The molecule has 4 nitrogen and oxygen atoms in total. The predicted molar refractivity (Wildman–Crippen MR) is 69.3 cm³/mol. The predicted octanol–water partition coefficient (Wildman–Crippen LogP) is 2.75. The number of hydrogen-bond donors (Lipinski definition) is 1. The molecule has 0 aliphatic heterocycles. The lowest BCUT2D eigenvalue weighted by Gasteiger charge is -2.09. The van der Waals surface area contributed by atoms with Crippen LogP contribution in [0.5, 0.6) is 5.88 Å². The van der Waals surface area contributed by atoms with Gasteiger partial charge < -0.3 is 14.5 Å². The highest BCUT2D eigenvalue weighted by molar-refractivity contribution is 5.25. The summed E-state index contributed by atoms with van der Waals surface area (Å²) in [7, 11) is 0. The van der Waals surface area contributed by atoms with E-state index in [9.17, 15) is 0 Å². The molecule has 0 saturated heterocycles. The van der Waals surface area contributed by atoms with Gasteiger partial charge in [-0.05, 0) is 31.2 Å². The van der Waals surface area contributed by atoms with Crippen molar-refractivity contribution in [2.75, 3.05) is 6.54 Å². The fourth-order valence-electron chi connectivity index (χ4n) is 1.62. The summed E-state index contributed by atoms with van der Waals surface area (Å²) in [5.74, 6) is 1.46. The molecule has 0 spiro atoms. The smallest absolute Gasteiger partial charge is 0.218 e. The average Bonchev–Trinajstić information content (AvgIpc) is 2.91. The van der Waals surface area contributed by atoms with E-state index in [2.05, 4.69) is 17.2 Å². The fourth-order valence-corrected chi connectivity index (χ4v) is 1.62. The summed E-state index contributed by atoms with van der Waals surface area (Å²) in [6.07, 6.45) is 4.49. The Morgan fingerprint density at radius 3 is 3.06 bits per heavy atom. The minimum absolute atomic E-state index is 0.408. The van der Waals surface area contributed by atoms with Crippen LogP contribution in [-0.4, -0.2) is 11.5 Å². The zero-order valence-corrected chi connectivity index (χ0v) is 10.6. The first-order valence-corrected chi connectivity index (χ1v) is 6.20. The number of pyridine rings is 1. The van der Waals surface area contributed by atoms with Gasteiger partial charge in [-0.25, -0.2) is 4.98 Å². The topological polar surface area (TPSA) is 47.3 Å². The van der Waals surface area contributed by atoms with Gasteiger partial charge in [0.05, 0.1) is 6.26 Å². The van der Waals surface area contributed by atoms with Crippen LogP contribution in [0.25, 0.3) is 0 Å². The normalized spacial score (nSPS) is 10.5. The highest BCUT2D eigenvalue weighted by Gasteiger charge is 2.05. The van der Waals surface area contributed by atoms with Crippen molar-refractivity contribution in [3.63, 3.8) is 0 Å². The molecule has 0 saturated carbocycles. The third kappa shape index (κ3) is 3.60. The third-order valence-corrected chi connectivity index (χ3v) is 2.52. The largest absolute Gasteiger partial charge is 0.469 e. The van der Waals surface area contributed by atoms with Gasteiger partial charge in [0.1, 0.15) is 12.4 Å². The minimum Gasteiger partial charge on any atom is -0.469 e. The average molecular weight is 246 g/mol. The number of hydrogen-bond acceptors (Lipinski definition) is 4. The fraction of sp³-hybridized carbons (Fsp3) is 0.357. The van der Waals surface area contributed by atoms with Gasteiger partial charge in [0.25, 0.3) is 0 Å². The first-order chi connectivity index (χ1) is 8.90. The maximum absolute atomic E-state index is 5.67. The van der Waals surface area contributed by atoms with Gasteiger partial charge >= 0.3 is 0 Å². The number of ether oxygens (including phenoxy) is 1. The summed E-state index contributed by atoms with van der Waals surface area (Å²) in [5.41, 5.74) is 1.07. The Balaban J connectivity index is 1.94. The molecule has 96 valence electrons. The third-order valence-electron chi connectivity index (χ3n) is 2.52. The molecule has 0 unspecified atom stereocenters. The first kappa shape index (κ1) is 12.6. The molecule has 2 rings (SSSR count). The molecular formula is C14H18N2O2. The van der Waals surface area contributed by atoms with E-state index in [0.29, 0.717) is 12.5 Å². The molecule has 4 heteroatoms. The van der Waals surface area contributed by atoms with E-state index in [0.717, 1.165) is 30.8 Å². The molecule has 0 atom stereocenters. The lowest BCUT2D eigenvalue weighted by molar-refractivity contribution is 0.257. The van der Waals surface area contributed by atoms with E-state index in [4.69, 9.17) is 9.15 Å². The van der Waals surface area contributed by atoms with Crippen LogP contribution in [0.1, 0.15) is 24.7 Å². The van der Waals surface area contributed by atoms with Crippen LogP contribution >= 0.6 is 0 Å². The van der Waals surface area contributed by atoms with Crippen molar-refractivity contribution in [3.8, 4) is 5.88 Å². The molecule has 0 bridgehead atoms. The second kappa shape index (κ2) is 6.81. The number of nitrogens with zero attached hydrogens (tertiary/aromatic N) is 1. The maximum Gasteiger partial charge on any atom is 0.218 e. The Kier molecular flexibility index (Phi) is 4.78. The first-order valence-electron chi connectivity index (χ1n) is 6.20. The zero-order valence-electron chi connectivity index (χ0n) is 10.6. The van der Waals surface area contributed by atoms with Crippen molar-refractivity contribution < 1.29 is 9.15 Å². The molecule has 0 fully saturated rings. The van der Waals surface area contributed by atoms with Crippen LogP contribution in [-0.2, 0) is 13.2 Å². The standard InChI is InChI=1S/C14H18N2O2/c1-2-7-15-10-12-5-3-8-16-14(12)18-11-13-6-4-9-17-13/h3-6,8-9,15H,2,7,10-11H2,1H3. The summed E-state index contributed by atoms with van der Waals surface area (Å²) in [6, 6.07) is 7.68. The highest BCUT2D eigenvalue weighted by Crippen LogP contribution is 2.15. The molecule has 18 heavy (non-hydrogen) atoms. The number of aromatic nitrogens is 1. The van der Waals surface area contributed by atoms with E-state index < -0.39 is 0 Å². The van der Waals surface area contributed by atoms with E-state index in [1.165, 1.54) is 0 Å². The Bertz CT molecular complexity index is 455. The second-order valence-corrected chi connectivity index (χ2v) is 4.01. The molecule has 2 heterocycles. The van der Waals surface area contributed by atoms with Gasteiger partial charge in [0, 0.05) is 18.3 Å². The minimum atomic E-state index is 0.408. The summed E-state index contributed by atoms with van der Waals surface area (Å²) in [5, 5.41) is 3.34. The molecular weight excluding hydrogens is 228 g/mol. The number of nitrogens with one attached hydrogen (secondary N) is 1. The Morgan fingerprint density at radius 2 is 2.28 bits per heavy atom. The molecule has 0 radical (unpaired) electrons. The van der Waals surface area contributed by atoms with Crippen LogP contribution in [0, 0.1) is 0 Å². The van der Waals surface area contributed by atoms with Crippen molar-refractivity contribution in [2.24, 2.45) is 0 Å². The van der Waals surface area contributed by atoms with Gasteiger partial charge in [-0.15, -0.1) is 0 Å². The van der Waals surface area contributed by atoms with Gasteiger partial charge in [0.2, 0.25) is 5.88 Å². The van der Waals surface area contributed by atoms with Gasteiger partial charge in [0.15, 0.2) is 0 Å². The summed E-state index contributed by atoms with van der Waals surface area (Å²) in [6.45, 7) is 4.32. The summed E-state index contributed by atoms with van der Waals surface area (Å²) >= 11 is 0. The van der Waals surface area contributed by atoms with E-state index in [1.54, 1.807) is 12.5 Å². The summed E-state index contributed by atoms with van der Waals surface area (Å²) < 4.78 is 10.9. The number of furan rings is 1. The number of rotatable bonds is 7. The molecule has 0 aliphatic rings. The molecule has 0 aromatic carbocycles. The summed E-state index contributed by atoms with van der Waals surface area (Å²) in [4.78, 5) is 4.25. The van der Waals surface area contributed by atoms with E-state index in [-0.39, 0.29) is 0 Å². The van der Waals surface area contributed by atoms with Crippen LogP contribution in [0.3, 0.4) is 0 Å². The molecule has 0 aliphatic carbocycles. The van der Waals surface area contributed by atoms with Crippen molar-refractivity contribution in [1.29, 1.82) is 0 Å². The van der Waals surface area contributed by atoms with Gasteiger partial charge in [-0.3, -0.25) is 0 Å². The zero-order chi connectivity index (χ0) is 12.6. The van der Waals surface area contributed by atoms with Crippen LogP contribution in [0.15, 0.2) is 41.1 Å². The molecule has 2 aromatic heterocycles. The monoisotopic (exact) mass is 246 g/mol. The van der Waals surface area contributed by atoms with Gasteiger partial charge in [-0.2, -0.15) is 0 Å². The lowest BCUT2D eigenvalue weighted by atomic mass is 10.2. The molecule has 2 aromatic rings. The second-order valence-electron chi connectivity index (χ2n) is 4.01. The van der Waals surface area contributed by atoms with Crippen LogP contribution < -0.4 is 10.1 Å².